The monoisotopic (exact) mass is 364 g/mol. The molecule has 0 aliphatic carbocycles. The largest absolute Gasteiger partial charge is 0.350 e. The number of nitrogens with one attached hydrogen (secondary N) is 1. The Kier molecular flexibility index (Phi) is 5.79. The number of hydrogen-bond acceptors (Lipinski definition) is 3. The summed E-state index contributed by atoms with van der Waals surface area (Å²) in [7, 11) is -3.76. The van der Waals surface area contributed by atoms with E-state index in [1.807, 2.05) is 31.2 Å². The predicted octanol–water partition coefficient (Wildman–Crippen LogP) is 2.61. The van der Waals surface area contributed by atoms with Gasteiger partial charge in [-0.3, -0.25) is 9.10 Å². The molecule has 0 radical (unpaired) electrons. The molecule has 7 heteroatoms. The molecular formula is C18H21FN2O3S. The van der Waals surface area contributed by atoms with Gasteiger partial charge in [0.15, 0.2) is 0 Å². The molecule has 1 N–H and O–H groups in total. The van der Waals surface area contributed by atoms with E-state index in [9.17, 15) is 17.6 Å². The minimum Gasteiger partial charge on any atom is -0.350 e. The van der Waals surface area contributed by atoms with Crippen molar-refractivity contribution < 1.29 is 17.6 Å². The van der Waals surface area contributed by atoms with Crippen LogP contribution in [-0.4, -0.2) is 26.6 Å². The molecule has 1 unspecified atom stereocenters. The molecule has 0 saturated heterocycles. The Bertz CT molecular complexity index is 851. The fraction of sp³-hybridized carbons (Fsp3) is 0.278. The molecule has 2 aromatic carbocycles. The summed E-state index contributed by atoms with van der Waals surface area (Å²) in [5, 5.41) is 2.72. The number of sulfonamides is 1. The molecular weight excluding hydrogens is 343 g/mol. The van der Waals surface area contributed by atoms with Crippen molar-refractivity contribution in [3.05, 3.63) is 65.5 Å². The van der Waals surface area contributed by atoms with Crippen molar-refractivity contribution in [2.45, 2.75) is 26.4 Å². The number of amides is 1. The summed E-state index contributed by atoms with van der Waals surface area (Å²) in [5.41, 5.74) is 2.13. The minimum absolute atomic E-state index is 0.112. The van der Waals surface area contributed by atoms with Crippen molar-refractivity contribution in [3.8, 4) is 0 Å². The zero-order valence-electron chi connectivity index (χ0n) is 14.4. The first-order valence-electron chi connectivity index (χ1n) is 7.76. The average molecular weight is 364 g/mol. The number of rotatable bonds is 6. The highest BCUT2D eigenvalue weighted by atomic mass is 32.2. The fourth-order valence-electron chi connectivity index (χ4n) is 2.46. The van der Waals surface area contributed by atoms with Gasteiger partial charge in [0.25, 0.3) is 0 Å². The van der Waals surface area contributed by atoms with Crippen LogP contribution in [0.2, 0.25) is 0 Å². The Morgan fingerprint density at radius 2 is 1.84 bits per heavy atom. The third-order valence-electron chi connectivity index (χ3n) is 3.74. The van der Waals surface area contributed by atoms with Crippen LogP contribution in [0.1, 0.15) is 18.1 Å². The molecule has 0 saturated carbocycles. The van der Waals surface area contributed by atoms with Gasteiger partial charge in [0.05, 0.1) is 11.9 Å². The smallest absolute Gasteiger partial charge is 0.243 e. The summed E-state index contributed by atoms with van der Waals surface area (Å²) in [6.45, 7) is 3.72. The van der Waals surface area contributed by atoms with Gasteiger partial charge in [-0.05, 0) is 37.6 Å². The van der Waals surface area contributed by atoms with Gasteiger partial charge >= 0.3 is 0 Å². The van der Waals surface area contributed by atoms with E-state index in [2.05, 4.69) is 5.32 Å². The number of anilines is 1. The molecule has 2 aromatic rings. The number of carbonyl (C=O) groups is 1. The highest BCUT2D eigenvalue weighted by Gasteiger charge is 2.29. The fourth-order valence-corrected chi connectivity index (χ4v) is 3.63. The van der Waals surface area contributed by atoms with Gasteiger partial charge in [-0.1, -0.05) is 35.9 Å². The van der Waals surface area contributed by atoms with Crippen LogP contribution in [0, 0.1) is 12.7 Å². The van der Waals surface area contributed by atoms with Crippen LogP contribution in [0.15, 0.2) is 48.5 Å². The normalized spacial score (nSPS) is 12.5. The van der Waals surface area contributed by atoms with E-state index >= 15 is 0 Å². The topological polar surface area (TPSA) is 66.5 Å². The first-order chi connectivity index (χ1) is 11.7. The van der Waals surface area contributed by atoms with Gasteiger partial charge in [-0.2, -0.15) is 0 Å². The van der Waals surface area contributed by atoms with Crippen LogP contribution in [-0.2, 0) is 21.4 Å². The highest BCUT2D eigenvalue weighted by Crippen LogP contribution is 2.21. The van der Waals surface area contributed by atoms with E-state index < -0.39 is 27.8 Å². The summed E-state index contributed by atoms with van der Waals surface area (Å²) < 4.78 is 38.6. The molecule has 0 aliphatic rings. The quantitative estimate of drug-likeness (QED) is 0.857. The SMILES string of the molecule is Cc1ccc(CNC(=O)C(C)N(c2cccc(F)c2)S(C)(=O)=O)cc1. The molecule has 0 bridgehead atoms. The predicted molar refractivity (Wildman–Crippen MR) is 96.2 cm³/mol. The Hall–Kier alpha value is -2.41. The van der Waals surface area contributed by atoms with E-state index in [1.165, 1.54) is 25.1 Å². The molecule has 0 spiro atoms. The van der Waals surface area contributed by atoms with Crippen LogP contribution >= 0.6 is 0 Å². The lowest BCUT2D eigenvalue weighted by Gasteiger charge is -2.28. The molecule has 0 heterocycles. The Morgan fingerprint density at radius 1 is 1.20 bits per heavy atom. The number of benzene rings is 2. The second-order valence-corrected chi connectivity index (χ2v) is 7.78. The zero-order valence-corrected chi connectivity index (χ0v) is 15.2. The van der Waals surface area contributed by atoms with Crippen molar-refractivity contribution in [2.24, 2.45) is 0 Å². The first kappa shape index (κ1) is 18.9. The number of halogens is 1. The Labute approximate surface area is 147 Å². The second kappa shape index (κ2) is 7.65. The van der Waals surface area contributed by atoms with Crippen molar-refractivity contribution >= 4 is 21.6 Å². The third-order valence-corrected chi connectivity index (χ3v) is 4.98. The van der Waals surface area contributed by atoms with Gasteiger partial charge < -0.3 is 5.32 Å². The maximum Gasteiger partial charge on any atom is 0.243 e. The average Bonchev–Trinajstić information content (AvgIpc) is 2.53. The molecule has 134 valence electrons. The van der Waals surface area contributed by atoms with Crippen molar-refractivity contribution in [2.75, 3.05) is 10.6 Å². The molecule has 0 fully saturated rings. The lowest BCUT2D eigenvalue weighted by molar-refractivity contribution is -0.122. The summed E-state index contributed by atoms with van der Waals surface area (Å²) in [4.78, 5) is 12.4. The number of hydrogen-bond donors (Lipinski definition) is 1. The molecule has 0 aromatic heterocycles. The van der Waals surface area contributed by atoms with Gasteiger partial charge in [0, 0.05) is 6.54 Å². The van der Waals surface area contributed by atoms with E-state index in [4.69, 9.17) is 0 Å². The van der Waals surface area contributed by atoms with Gasteiger partial charge in [-0.15, -0.1) is 0 Å². The number of carbonyl (C=O) groups excluding carboxylic acids is 1. The lowest BCUT2D eigenvalue weighted by atomic mass is 10.1. The molecule has 2 rings (SSSR count). The van der Waals surface area contributed by atoms with E-state index in [0.29, 0.717) is 0 Å². The molecule has 0 aliphatic heterocycles. The van der Waals surface area contributed by atoms with E-state index in [0.717, 1.165) is 27.8 Å². The molecule has 5 nitrogen and oxygen atoms in total. The van der Waals surface area contributed by atoms with Gasteiger partial charge in [-0.25, -0.2) is 12.8 Å². The van der Waals surface area contributed by atoms with Crippen LogP contribution in [0.4, 0.5) is 10.1 Å². The molecule has 1 amide bonds. The maximum absolute atomic E-state index is 13.5. The van der Waals surface area contributed by atoms with Crippen molar-refractivity contribution in [1.29, 1.82) is 0 Å². The summed E-state index contributed by atoms with van der Waals surface area (Å²) >= 11 is 0. The Balaban J connectivity index is 2.17. The van der Waals surface area contributed by atoms with E-state index in [1.54, 1.807) is 0 Å². The van der Waals surface area contributed by atoms with Crippen LogP contribution in [0.5, 0.6) is 0 Å². The maximum atomic E-state index is 13.5. The van der Waals surface area contributed by atoms with Crippen molar-refractivity contribution in [3.63, 3.8) is 0 Å². The molecule has 25 heavy (non-hydrogen) atoms. The standard InChI is InChI=1S/C18H21FN2O3S/c1-13-7-9-15(10-8-13)12-20-18(22)14(2)21(25(3,23)24)17-6-4-5-16(19)11-17/h4-11,14H,12H2,1-3H3,(H,20,22). The summed E-state index contributed by atoms with van der Waals surface area (Å²) in [6.07, 6.45) is 0.988. The van der Waals surface area contributed by atoms with Crippen LogP contribution in [0.3, 0.4) is 0 Å². The van der Waals surface area contributed by atoms with E-state index in [-0.39, 0.29) is 12.2 Å². The summed E-state index contributed by atoms with van der Waals surface area (Å²) in [5.74, 6) is -1.03. The minimum atomic E-state index is -3.76. The zero-order chi connectivity index (χ0) is 18.6. The number of nitrogens with zero attached hydrogens (tertiary/aromatic N) is 1. The summed E-state index contributed by atoms with van der Waals surface area (Å²) in [6, 6.07) is 11.8. The van der Waals surface area contributed by atoms with Gasteiger partial charge in [0.2, 0.25) is 15.9 Å². The highest BCUT2D eigenvalue weighted by molar-refractivity contribution is 7.92. The second-order valence-electron chi connectivity index (χ2n) is 5.92. The van der Waals surface area contributed by atoms with Crippen LogP contribution in [0.25, 0.3) is 0 Å². The first-order valence-corrected chi connectivity index (χ1v) is 9.61. The number of aryl methyl sites for hydroxylation is 1. The third kappa shape index (κ3) is 5.03. The van der Waals surface area contributed by atoms with Crippen molar-refractivity contribution in [1.82, 2.24) is 5.32 Å². The van der Waals surface area contributed by atoms with Gasteiger partial charge in [0.1, 0.15) is 11.9 Å². The lowest BCUT2D eigenvalue weighted by Crippen LogP contribution is -2.47. The Morgan fingerprint density at radius 3 is 2.40 bits per heavy atom. The molecule has 1 atom stereocenters. The van der Waals surface area contributed by atoms with Crippen LogP contribution < -0.4 is 9.62 Å².